The summed E-state index contributed by atoms with van der Waals surface area (Å²) in [5.41, 5.74) is 0.368. The van der Waals surface area contributed by atoms with Crippen LogP contribution < -0.4 is 0 Å². The van der Waals surface area contributed by atoms with E-state index < -0.39 is 10.0 Å². The summed E-state index contributed by atoms with van der Waals surface area (Å²) in [4.78, 5) is 28.9. The van der Waals surface area contributed by atoms with Gasteiger partial charge in [-0.25, -0.2) is 8.42 Å². The van der Waals surface area contributed by atoms with Gasteiger partial charge in [0.25, 0.3) is 5.91 Å². The molecule has 2 aliphatic rings. The topological polar surface area (TPSA) is 78.0 Å². The summed E-state index contributed by atoms with van der Waals surface area (Å²) >= 11 is 0. The molecule has 0 bridgehead atoms. The average Bonchev–Trinajstić information content (AvgIpc) is 2.67. The maximum Gasteiger partial charge on any atom is 0.254 e. The summed E-state index contributed by atoms with van der Waals surface area (Å²) < 4.78 is 26.8. The van der Waals surface area contributed by atoms with Gasteiger partial charge in [-0.2, -0.15) is 4.31 Å². The van der Waals surface area contributed by atoms with Crippen LogP contribution in [0.15, 0.2) is 29.2 Å². The Hall–Kier alpha value is -1.93. The molecule has 2 amide bonds. The van der Waals surface area contributed by atoms with E-state index in [9.17, 15) is 18.0 Å². The normalized spacial score (nSPS) is 18.2. The fourth-order valence-corrected chi connectivity index (χ4v) is 5.23. The van der Waals surface area contributed by atoms with Gasteiger partial charge in [-0.1, -0.05) is 26.3 Å². The number of nitrogens with zero attached hydrogens (tertiary/aromatic N) is 3. The zero-order valence-corrected chi connectivity index (χ0v) is 17.5. The van der Waals surface area contributed by atoms with Crippen molar-refractivity contribution >= 4 is 21.8 Å². The van der Waals surface area contributed by atoms with Crippen molar-refractivity contribution in [2.75, 3.05) is 39.3 Å². The third kappa shape index (κ3) is 4.07. The SMILES string of the molecule is CCN(CC)S(=O)(=O)c1cccc(C(=O)N2CCN(C(=O)C3CCC3)CC2)c1. The van der Waals surface area contributed by atoms with Gasteiger partial charge in [0.2, 0.25) is 15.9 Å². The lowest BCUT2D eigenvalue weighted by Crippen LogP contribution is -2.52. The number of sulfonamides is 1. The molecule has 1 aromatic rings. The molecule has 8 heteroatoms. The second-order valence-corrected chi connectivity index (χ2v) is 9.30. The predicted molar refractivity (Wildman–Crippen MR) is 106 cm³/mol. The Morgan fingerprint density at radius 3 is 2.18 bits per heavy atom. The molecule has 1 heterocycles. The van der Waals surface area contributed by atoms with Crippen LogP contribution in [0.4, 0.5) is 0 Å². The second-order valence-electron chi connectivity index (χ2n) is 7.36. The van der Waals surface area contributed by atoms with Gasteiger partial charge in [0.1, 0.15) is 0 Å². The molecule has 0 aromatic heterocycles. The zero-order valence-electron chi connectivity index (χ0n) is 16.6. The molecule has 0 spiro atoms. The number of rotatable bonds is 6. The van der Waals surface area contributed by atoms with Crippen LogP contribution in [-0.4, -0.2) is 73.6 Å². The molecule has 1 aliphatic heterocycles. The molecule has 28 heavy (non-hydrogen) atoms. The van der Waals surface area contributed by atoms with E-state index in [0.717, 1.165) is 19.3 Å². The first-order valence-corrected chi connectivity index (χ1v) is 11.5. The Morgan fingerprint density at radius 1 is 1.04 bits per heavy atom. The van der Waals surface area contributed by atoms with E-state index in [1.54, 1.807) is 30.9 Å². The minimum Gasteiger partial charge on any atom is -0.339 e. The lowest BCUT2D eigenvalue weighted by Gasteiger charge is -2.38. The minimum absolute atomic E-state index is 0.140. The summed E-state index contributed by atoms with van der Waals surface area (Å²) in [7, 11) is -3.60. The van der Waals surface area contributed by atoms with E-state index in [2.05, 4.69) is 0 Å². The Bertz CT molecular complexity index is 824. The van der Waals surface area contributed by atoms with Crippen molar-refractivity contribution in [1.29, 1.82) is 0 Å². The molecule has 2 fully saturated rings. The third-order valence-corrected chi connectivity index (χ3v) is 7.80. The number of hydrogen-bond acceptors (Lipinski definition) is 4. The average molecular weight is 408 g/mol. The first-order chi connectivity index (χ1) is 13.4. The number of benzene rings is 1. The first-order valence-electron chi connectivity index (χ1n) is 10.1. The molecule has 3 rings (SSSR count). The molecular formula is C20H29N3O4S. The van der Waals surface area contributed by atoms with Crippen LogP contribution in [0.5, 0.6) is 0 Å². The molecule has 0 N–H and O–H groups in total. The molecule has 0 atom stereocenters. The molecular weight excluding hydrogens is 378 g/mol. The molecule has 154 valence electrons. The van der Waals surface area contributed by atoms with E-state index in [4.69, 9.17) is 0 Å². The maximum atomic E-state index is 12.9. The van der Waals surface area contributed by atoms with Crippen LogP contribution in [0.3, 0.4) is 0 Å². The highest BCUT2D eigenvalue weighted by Crippen LogP contribution is 2.28. The first kappa shape index (κ1) is 20.8. The lowest BCUT2D eigenvalue weighted by molar-refractivity contribution is -0.139. The van der Waals surface area contributed by atoms with Crippen molar-refractivity contribution in [3.8, 4) is 0 Å². The van der Waals surface area contributed by atoms with Crippen molar-refractivity contribution in [2.24, 2.45) is 5.92 Å². The van der Waals surface area contributed by atoms with Gasteiger partial charge in [-0.15, -0.1) is 0 Å². The zero-order chi connectivity index (χ0) is 20.3. The molecule has 7 nitrogen and oxygen atoms in total. The Labute approximate surface area is 167 Å². The predicted octanol–water partition coefficient (Wildman–Crippen LogP) is 1.80. The second kappa shape index (κ2) is 8.61. The van der Waals surface area contributed by atoms with Gasteiger partial charge >= 0.3 is 0 Å². The summed E-state index contributed by atoms with van der Waals surface area (Å²) in [5, 5.41) is 0. The van der Waals surface area contributed by atoms with E-state index in [-0.39, 0.29) is 22.6 Å². The monoisotopic (exact) mass is 407 g/mol. The number of amides is 2. The lowest BCUT2D eigenvalue weighted by atomic mass is 9.84. The highest BCUT2D eigenvalue weighted by Gasteiger charge is 2.32. The van der Waals surface area contributed by atoms with Crippen LogP contribution in [-0.2, 0) is 14.8 Å². The molecule has 0 radical (unpaired) electrons. The van der Waals surface area contributed by atoms with Gasteiger partial charge in [0.05, 0.1) is 4.90 Å². The van der Waals surface area contributed by atoms with Gasteiger partial charge in [0, 0.05) is 50.7 Å². The Kier molecular flexibility index (Phi) is 6.40. The quantitative estimate of drug-likeness (QED) is 0.720. The van der Waals surface area contributed by atoms with Crippen molar-refractivity contribution < 1.29 is 18.0 Å². The smallest absolute Gasteiger partial charge is 0.254 e. The molecule has 1 saturated heterocycles. The van der Waals surface area contributed by atoms with Crippen LogP contribution >= 0.6 is 0 Å². The summed E-state index contributed by atoms with van der Waals surface area (Å²) in [6.45, 7) is 6.38. The highest BCUT2D eigenvalue weighted by molar-refractivity contribution is 7.89. The number of hydrogen-bond donors (Lipinski definition) is 0. The van der Waals surface area contributed by atoms with Gasteiger partial charge in [-0.3, -0.25) is 9.59 Å². The number of carbonyl (C=O) groups is 2. The minimum atomic E-state index is -3.60. The number of piperazine rings is 1. The van der Waals surface area contributed by atoms with E-state index in [1.807, 2.05) is 4.90 Å². The molecule has 1 saturated carbocycles. The highest BCUT2D eigenvalue weighted by atomic mass is 32.2. The van der Waals surface area contributed by atoms with E-state index in [0.29, 0.717) is 44.8 Å². The summed E-state index contributed by atoms with van der Waals surface area (Å²) in [6.07, 6.45) is 3.08. The molecule has 1 aliphatic carbocycles. The van der Waals surface area contributed by atoms with Crippen molar-refractivity contribution in [1.82, 2.24) is 14.1 Å². The largest absolute Gasteiger partial charge is 0.339 e. The van der Waals surface area contributed by atoms with Crippen LogP contribution in [0, 0.1) is 5.92 Å². The maximum absolute atomic E-state index is 12.9. The van der Waals surface area contributed by atoms with Gasteiger partial charge < -0.3 is 9.80 Å². The fraction of sp³-hybridized carbons (Fsp3) is 0.600. The summed E-state index contributed by atoms with van der Waals surface area (Å²) in [5.74, 6) is 0.196. The Morgan fingerprint density at radius 2 is 1.64 bits per heavy atom. The standard InChI is InChI=1S/C20H29N3O4S/c1-3-23(4-2)28(26,27)18-10-6-9-17(15-18)20(25)22-13-11-21(12-14-22)19(24)16-7-5-8-16/h6,9-10,15-16H,3-5,7-8,11-14H2,1-2H3. The van der Waals surface area contributed by atoms with Crippen LogP contribution in [0.2, 0.25) is 0 Å². The third-order valence-electron chi connectivity index (χ3n) is 5.76. The van der Waals surface area contributed by atoms with Crippen molar-refractivity contribution in [3.05, 3.63) is 29.8 Å². The van der Waals surface area contributed by atoms with E-state index in [1.165, 1.54) is 16.4 Å². The van der Waals surface area contributed by atoms with Crippen LogP contribution in [0.1, 0.15) is 43.5 Å². The van der Waals surface area contributed by atoms with Gasteiger partial charge in [0.15, 0.2) is 0 Å². The molecule has 1 aromatic carbocycles. The fourth-order valence-electron chi connectivity index (χ4n) is 3.73. The molecule has 0 unspecified atom stereocenters. The van der Waals surface area contributed by atoms with Crippen molar-refractivity contribution in [3.63, 3.8) is 0 Å². The summed E-state index contributed by atoms with van der Waals surface area (Å²) in [6, 6.07) is 6.25. The van der Waals surface area contributed by atoms with E-state index >= 15 is 0 Å². The van der Waals surface area contributed by atoms with Crippen LogP contribution in [0.25, 0.3) is 0 Å². The van der Waals surface area contributed by atoms with Gasteiger partial charge in [-0.05, 0) is 31.0 Å². The Balaban J connectivity index is 1.68. The number of carbonyl (C=O) groups excluding carboxylic acids is 2. The van der Waals surface area contributed by atoms with Crippen molar-refractivity contribution in [2.45, 2.75) is 38.0 Å².